The molecule has 1 saturated heterocycles. The summed E-state index contributed by atoms with van der Waals surface area (Å²) in [5.74, 6) is 2.65. The highest BCUT2D eigenvalue weighted by Gasteiger charge is 2.26. The van der Waals surface area contributed by atoms with E-state index in [0.29, 0.717) is 6.54 Å². The van der Waals surface area contributed by atoms with E-state index < -0.39 is 0 Å². The van der Waals surface area contributed by atoms with Gasteiger partial charge in [0.15, 0.2) is 5.96 Å². The largest absolute Gasteiger partial charge is 0.467 e. The van der Waals surface area contributed by atoms with Gasteiger partial charge in [-0.2, -0.15) is 0 Å². The van der Waals surface area contributed by atoms with Crippen LogP contribution in [0, 0.1) is 5.92 Å². The molecule has 0 atom stereocenters. The Labute approximate surface area is 167 Å². The van der Waals surface area contributed by atoms with Gasteiger partial charge in [-0.3, -0.25) is 9.89 Å². The zero-order valence-corrected chi connectivity index (χ0v) is 16.7. The third-order valence-electron chi connectivity index (χ3n) is 5.58. The van der Waals surface area contributed by atoms with Crippen LogP contribution < -0.4 is 15.5 Å². The van der Waals surface area contributed by atoms with Crippen molar-refractivity contribution in [2.75, 3.05) is 44.7 Å². The highest BCUT2D eigenvalue weighted by Crippen LogP contribution is 2.30. The van der Waals surface area contributed by atoms with Crippen molar-refractivity contribution in [3.05, 3.63) is 54.0 Å². The van der Waals surface area contributed by atoms with E-state index in [9.17, 15) is 0 Å². The van der Waals surface area contributed by atoms with Crippen LogP contribution in [-0.4, -0.2) is 50.6 Å². The Kier molecular flexibility index (Phi) is 6.17. The van der Waals surface area contributed by atoms with Crippen LogP contribution in [0.5, 0.6) is 0 Å². The third kappa shape index (κ3) is 5.29. The summed E-state index contributed by atoms with van der Waals surface area (Å²) >= 11 is 0. The first-order chi connectivity index (χ1) is 13.8. The number of guanidine groups is 1. The Hall–Kier alpha value is -2.47. The fourth-order valence-corrected chi connectivity index (χ4v) is 3.67. The summed E-state index contributed by atoms with van der Waals surface area (Å²) in [5.41, 5.74) is 2.58. The average Bonchev–Trinajstić information content (AvgIpc) is 3.40. The summed E-state index contributed by atoms with van der Waals surface area (Å²) in [6.45, 7) is 7.33. The molecule has 0 bridgehead atoms. The Balaban J connectivity index is 1.21. The summed E-state index contributed by atoms with van der Waals surface area (Å²) in [7, 11) is 1.78. The molecular formula is C22H31N5O. The standard InChI is InChI=1S/C22H31N5O/c1-23-22(25-16-21-3-2-14-28-21)24-15-18-6-8-20(9-7-18)27-12-10-26(11-13-27)17-19-4-5-19/h2-3,6-9,14,19H,4-5,10-13,15-17H2,1H3,(H2,23,24,25). The smallest absolute Gasteiger partial charge is 0.191 e. The van der Waals surface area contributed by atoms with E-state index in [1.54, 1.807) is 13.3 Å². The van der Waals surface area contributed by atoms with Gasteiger partial charge in [-0.15, -0.1) is 0 Å². The second-order valence-corrected chi connectivity index (χ2v) is 7.76. The zero-order valence-electron chi connectivity index (χ0n) is 16.7. The molecule has 6 heteroatoms. The summed E-state index contributed by atoms with van der Waals surface area (Å²) in [5, 5.41) is 6.61. The molecule has 1 aromatic carbocycles. The molecule has 2 aliphatic rings. The molecular weight excluding hydrogens is 350 g/mol. The average molecular weight is 382 g/mol. The van der Waals surface area contributed by atoms with Crippen molar-refractivity contribution < 1.29 is 4.42 Å². The van der Waals surface area contributed by atoms with Gasteiger partial charge >= 0.3 is 0 Å². The second-order valence-electron chi connectivity index (χ2n) is 7.76. The fraction of sp³-hybridized carbons (Fsp3) is 0.500. The molecule has 28 heavy (non-hydrogen) atoms. The monoisotopic (exact) mass is 381 g/mol. The van der Waals surface area contributed by atoms with E-state index in [1.165, 1.54) is 43.7 Å². The van der Waals surface area contributed by atoms with Gasteiger partial charge in [0.25, 0.3) is 0 Å². The van der Waals surface area contributed by atoms with Gasteiger partial charge < -0.3 is 20.0 Å². The molecule has 0 radical (unpaired) electrons. The summed E-state index contributed by atoms with van der Waals surface area (Å²) in [6, 6.07) is 12.7. The Morgan fingerprint density at radius 3 is 2.43 bits per heavy atom. The van der Waals surface area contributed by atoms with Crippen LogP contribution in [0.25, 0.3) is 0 Å². The molecule has 1 aliphatic carbocycles. The number of hydrogen-bond donors (Lipinski definition) is 2. The van der Waals surface area contributed by atoms with Crippen LogP contribution in [0.3, 0.4) is 0 Å². The topological polar surface area (TPSA) is 56.0 Å². The molecule has 0 amide bonds. The molecule has 1 saturated carbocycles. The van der Waals surface area contributed by atoms with Gasteiger partial charge in [0.2, 0.25) is 0 Å². The summed E-state index contributed by atoms with van der Waals surface area (Å²) in [6.07, 6.45) is 4.57. The van der Waals surface area contributed by atoms with Crippen LogP contribution in [0.2, 0.25) is 0 Å². The van der Waals surface area contributed by atoms with E-state index in [4.69, 9.17) is 4.42 Å². The number of hydrogen-bond acceptors (Lipinski definition) is 4. The SMILES string of the molecule is CN=C(NCc1ccc(N2CCN(CC3CC3)CC2)cc1)NCc1ccco1. The lowest BCUT2D eigenvalue weighted by molar-refractivity contribution is 0.248. The van der Waals surface area contributed by atoms with E-state index in [2.05, 4.69) is 49.7 Å². The van der Waals surface area contributed by atoms with Crippen LogP contribution in [0.4, 0.5) is 5.69 Å². The molecule has 2 N–H and O–H groups in total. The minimum absolute atomic E-state index is 0.623. The van der Waals surface area contributed by atoms with Crippen molar-refractivity contribution in [3.8, 4) is 0 Å². The number of anilines is 1. The molecule has 2 aromatic rings. The van der Waals surface area contributed by atoms with Crippen LogP contribution >= 0.6 is 0 Å². The number of furan rings is 1. The number of nitrogens with one attached hydrogen (secondary N) is 2. The number of benzene rings is 1. The highest BCUT2D eigenvalue weighted by atomic mass is 16.3. The van der Waals surface area contributed by atoms with Gasteiger partial charge in [-0.1, -0.05) is 12.1 Å². The number of nitrogens with zero attached hydrogens (tertiary/aromatic N) is 3. The number of rotatable bonds is 7. The van der Waals surface area contributed by atoms with Gasteiger partial charge in [-0.25, -0.2) is 0 Å². The van der Waals surface area contributed by atoms with E-state index in [-0.39, 0.29) is 0 Å². The molecule has 4 rings (SSSR count). The molecule has 150 valence electrons. The Bertz CT molecular complexity index is 744. The van der Waals surface area contributed by atoms with Gasteiger partial charge in [-0.05, 0) is 48.6 Å². The van der Waals surface area contributed by atoms with Crippen LogP contribution in [0.1, 0.15) is 24.2 Å². The van der Waals surface area contributed by atoms with Crippen molar-refractivity contribution in [2.24, 2.45) is 10.9 Å². The molecule has 1 aliphatic heterocycles. The normalized spacial score (nSPS) is 18.3. The minimum atomic E-state index is 0.623. The van der Waals surface area contributed by atoms with Crippen molar-refractivity contribution in [1.29, 1.82) is 0 Å². The quantitative estimate of drug-likeness (QED) is 0.570. The first-order valence-corrected chi connectivity index (χ1v) is 10.3. The van der Waals surface area contributed by atoms with Crippen LogP contribution in [0.15, 0.2) is 52.1 Å². The maximum atomic E-state index is 5.34. The van der Waals surface area contributed by atoms with Gasteiger partial charge in [0.05, 0.1) is 12.8 Å². The summed E-state index contributed by atoms with van der Waals surface area (Å²) in [4.78, 5) is 9.40. The third-order valence-corrected chi connectivity index (χ3v) is 5.58. The Morgan fingerprint density at radius 2 is 1.79 bits per heavy atom. The maximum Gasteiger partial charge on any atom is 0.191 e. The van der Waals surface area contributed by atoms with E-state index in [0.717, 1.165) is 37.3 Å². The minimum Gasteiger partial charge on any atom is -0.467 e. The van der Waals surface area contributed by atoms with Crippen molar-refractivity contribution in [3.63, 3.8) is 0 Å². The number of aliphatic imine (C=N–C) groups is 1. The Morgan fingerprint density at radius 1 is 1.04 bits per heavy atom. The van der Waals surface area contributed by atoms with Crippen molar-refractivity contribution in [2.45, 2.75) is 25.9 Å². The fourth-order valence-electron chi connectivity index (χ4n) is 3.67. The van der Waals surface area contributed by atoms with Crippen molar-refractivity contribution in [1.82, 2.24) is 15.5 Å². The molecule has 2 heterocycles. The predicted octanol–water partition coefficient (Wildman–Crippen LogP) is 2.68. The summed E-state index contributed by atoms with van der Waals surface area (Å²) < 4.78 is 5.34. The first kappa shape index (κ1) is 18.9. The molecule has 6 nitrogen and oxygen atoms in total. The lowest BCUT2D eigenvalue weighted by Crippen LogP contribution is -2.47. The highest BCUT2D eigenvalue weighted by molar-refractivity contribution is 5.79. The van der Waals surface area contributed by atoms with Crippen molar-refractivity contribution >= 4 is 11.6 Å². The second kappa shape index (κ2) is 9.15. The van der Waals surface area contributed by atoms with E-state index >= 15 is 0 Å². The first-order valence-electron chi connectivity index (χ1n) is 10.3. The molecule has 1 aromatic heterocycles. The zero-order chi connectivity index (χ0) is 19.2. The van der Waals surface area contributed by atoms with Gasteiger partial charge in [0.1, 0.15) is 5.76 Å². The molecule has 2 fully saturated rings. The van der Waals surface area contributed by atoms with Gasteiger partial charge in [0, 0.05) is 52.0 Å². The maximum absolute atomic E-state index is 5.34. The molecule has 0 spiro atoms. The van der Waals surface area contributed by atoms with Crippen LogP contribution in [-0.2, 0) is 13.1 Å². The van der Waals surface area contributed by atoms with E-state index in [1.807, 2.05) is 12.1 Å². The molecule has 0 unspecified atom stereocenters. The number of piperazine rings is 1. The lowest BCUT2D eigenvalue weighted by Gasteiger charge is -2.36. The predicted molar refractivity (Wildman–Crippen MR) is 114 cm³/mol. The lowest BCUT2D eigenvalue weighted by atomic mass is 10.1.